The van der Waals surface area contributed by atoms with Gasteiger partial charge in [0.2, 0.25) is 0 Å². The molecule has 0 bridgehead atoms. The highest BCUT2D eigenvalue weighted by molar-refractivity contribution is 6.51. The summed E-state index contributed by atoms with van der Waals surface area (Å²) >= 11 is 0. The van der Waals surface area contributed by atoms with Gasteiger partial charge in [-0.15, -0.1) is 0 Å². The average Bonchev–Trinajstić information content (AvgIpc) is 3.09. The molecule has 0 spiro atoms. The summed E-state index contributed by atoms with van der Waals surface area (Å²) < 4.78 is 0. The number of hydrogen-bond acceptors (Lipinski definition) is 6. The lowest BCUT2D eigenvalue weighted by molar-refractivity contribution is -0.384. The number of aromatic nitrogens is 1. The van der Waals surface area contributed by atoms with E-state index in [2.05, 4.69) is 4.98 Å². The molecule has 8 heteroatoms. The Labute approximate surface area is 183 Å². The highest BCUT2D eigenvalue weighted by Crippen LogP contribution is 2.42. The maximum Gasteiger partial charge on any atom is 0.300 e. The maximum atomic E-state index is 13.1. The summed E-state index contributed by atoms with van der Waals surface area (Å²) in [5.74, 6) is -2.01. The number of benzene rings is 2. The number of aliphatic hydroxyl groups excluding tert-OH is 1. The van der Waals surface area contributed by atoms with E-state index in [0.717, 1.165) is 12.0 Å². The molecule has 0 radical (unpaired) electrons. The molecule has 1 saturated heterocycles. The van der Waals surface area contributed by atoms with Crippen molar-refractivity contribution in [2.24, 2.45) is 0 Å². The number of Topliss-reactive ketones (excluding diaryl/α,β-unsaturated/α-hetero) is 1. The lowest BCUT2D eigenvalue weighted by atomic mass is 9.96. The standard InChI is InChI=1S/C24H19N3O5/c1-2-15-5-9-18(10-6-15)26-21(17-4-3-13-25-14-17)20(23(29)24(26)30)22(28)16-7-11-19(12-8-16)27(31)32/h3-14,21,28H,2H2,1H3/b22-20-. The first-order valence-electron chi connectivity index (χ1n) is 9.97. The zero-order valence-corrected chi connectivity index (χ0v) is 17.1. The van der Waals surface area contributed by atoms with Crippen LogP contribution in [0.25, 0.3) is 5.76 Å². The second-order valence-electron chi connectivity index (χ2n) is 7.28. The van der Waals surface area contributed by atoms with Crippen molar-refractivity contribution in [2.45, 2.75) is 19.4 Å². The van der Waals surface area contributed by atoms with Crippen LogP contribution in [-0.2, 0) is 16.0 Å². The average molecular weight is 429 g/mol. The Balaban J connectivity index is 1.88. The number of carbonyl (C=O) groups excluding carboxylic acids is 2. The van der Waals surface area contributed by atoms with E-state index in [1.807, 2.05) is 19.1 Å². The summed E-state index contributed by atoms with van der Waals surface area (Å²) in [4.78, 5) is 41.9. The molecule has 32 heavy (non-hydrogen) atoms. The Morgan fingerprint density at radius 1 is 1.09 bits per heavy atom. The van der Waals surface area contributed by atoms with Gasteiger partial charge < -0.3 is 5.11 Å². The van der Waals surface area contributed by atoms with E-state index in [-0.39, 0.29) is 16.8 Å². The number of nitrogens with zero attached hydrogens (tertiary/aromatic N) is 3. The van der Waals surface area contributed by atoms with Crippen molar-refractivity contribution in [2.75, 3.05) is 4.90 Å². The molecule has 1 amide bonds. The van der Waals surface area contributed by atoms with E-state index in [0.29, 0.717) is 11.3 Å². The molecule has 2 aromatic carbocycles. The minimum Gasteiger partial charge on any atom is -0.507 e. The number of carbonyl (C=O) groups is 2. The number of pyridine rings is 1. The first kappa shape index (κ1) is 20.9. The second kappa shape index (κ2) is 8.43. The predicted octanol–water partition coefficient (Wildman–Crippen LogP) is 4.18. The van der Waals surface area contributed by atoms with Crippen molar-refractivity contribution in [3.05, 3.63) is 105 Å². The summed E-state index contributed by atoms with van der Waals surface area (Å²) in [6, 6.07) is 14.9. The van der Waals surface area contributed by atoms with Gasteiger partial charge in [0.1, 0.15) is 5.76 Å². The molecule has 0 saturated carbocycles. The molecule has 2 heterocycles. The first-order chi connectivity index (χ1) is 15.4. The monoisotopic (exact) mass is 429 g/mol. The molecule has 160 valence electrons. The smallest absolute Gasteiger partial charge is 0.300 e. The second-order valence-corrected chi connectivity index (χ2v) is 7.28. The Kier molecular flexibility index (Phi) is 5.51. The van der Waals surface area contributed by atoms with Crippen LogP contribution in [0.3, 0.4) is 0 Å². The van der Waals surface area contributed by atoms with Crippen molar-refractivity contribution >= 4 is 28.8 Å². The molecule has 1 unspecified atom stereocenters. The highest BCUT2D eigenvalue weighted by atomic mass is 16.6. The van der Waals surface area contributed by atoms with E-state index in [1.165, 1.54) is 35.4 Å². The Bertz CT molecular complexity index is 1220. The molecule has 3 aromatic rings. The third-order valence-electron chi connectivity index (χ3n) is 5.42. The largest absolute Gasteiger partial charge is 0.507 e. The number of anilines is 1. The van der Waals surface area contributed by atoms with Gasteiger partial charge in [0.15, 0.2) is 0 Å². The van der Waals surface area contributed by atoms with Crippen molar-refractivity contribution in [1.29, 1.82) is 0 Å². The van der Waals surface area contributed by atoms with Crippen LogP contribution in [0.5, 0.6) is 0 Å². The lowest BCUT2D eigenvalue weighted by Gasteiger charge is -2.25. The Morgan fingerprint density at radius 3 is 2.34 bits per heavy atom. The summed E-state index contributed by atoms with van der Waals surface area (Å²) in [6.07, 6.45) is 3.93. The molecule has 1 aromatic heterocycles. The minimum absolute atomic E-state index is 0.101. The Morgan fingerprint density at radius 2 is 1.78 bits per heavy atom. The van der Waals surface area contributed by atoms with Gasteiger partial charge >= 0.3 is 0 Å². The van der Waals surface area contributed by atoms with E-state index in [1.54, 1.807) is 30.5 Å². The van der Waals surface area contributed by atoms with Crippen LogP contribution in [-0.4, -0.2) is 26.7 Å². The molecule has 1 fully saturated rings. The van der Waals surface area contributed by atoms with Crippen molar-refractivity contribution in [1.82, 2.24) is 4.98 Å². The van der Waals surface area contributed by atoms with Crippen LogP contribution in [0, 0.1) is 10.1 Å². The molecule has 0 aliphatic carbocycles. The molecule has 1 aliphatic rings. The summed E-state index contributed by atoms with van der Waals surface area (Å²) in [7, 11) is 0. The van der Waals surface area contributed by atoms with Crippen molar-refractivity contribution < 1.29 is 19.6 Å². The number of hydrogen-bond donors (Lipinski definition) is 1. The fraction of sp³-hybridized carbons (Fsp3) is 0.125. The van der Waals surface area contributed by atoms with E-state index >= 15 is 0 Å². The lowest BCUT2D eigenvalue weighted by Crippen LogP contribution is -2.29. The first-order valence-corrected chi connectivity index (χ1v) is 9.97. The van der Waals surface area contributed by atoms with Gasteiger partial charge in [0.05, 0.1) is 16.5 Å². The van der Waals surface area contributed by atoms with Gasteiger partial charge in [0, 0.05) is 35.8 Å². The summed E-state index contributed by atoms with van der Waals surface area (Å²) in [5, 5.41) is 21.9. The summed E-state index contributed by atoms with van der Waals surface area (Å²) in [6.45, 7) is 2.01. The Hall–Kier alpha value is -4.33. The quantitative estimate of drug-likeness (QED) is 0.214. The van der Waals surface area contributed by atoms with Gasteiger partial charge in [-0.25, -0.2) is 0 Å². The fourth-order valence-corrected chi connectivity index (χ4v) is 3.74. The number of aryl methyl sites for hydroxylation is 1. The number of amides is 1. The number of rotatable bonds is 5. The van der Waals surface area contributed by atoms with E-state index in [9.17, 15) is 24.8 Å². The topological polar surface area (TPSA) is 114 Å². The molecule has 1 aliphatic heterocycles. The predicted molar refractivity (Wildman–Crippen MR) is 118 cm³/mol. The number of ketones is 1. The third kappa shape index (κ3) is 3.62. The number of nitro benzene ring substituents is 1. The fourth-order valence-electron chi connectivity index (χ4n) is 3.74. The van der Waals surface area contributed by atoms with Crippen LogP contribution in [0.1, 0.15) is 29.7 Å². The van der Waals surface area contributed by atoms with E-state index < -0.39 is 28.4 Å². The van der Waals surface area contributed by atoms with Crippen LogP contribution in [0.4, 0.5) is 11.4 Å². The minimum atomic E-state index is -0.897. The van der Waals surface area contributed by atoms with Gasteiger partial charge in [-0.3, -0.25) is 29.6 Å². The van der Waals surface area contributed by atoms with Crippen LogP contribution in [0.15, 0.2) is 78.6 Å². The van der Waals surface area contributed by atoms with Gasteiger partial charge in [-0.05, 0) is 47.9 Å². The van der Waals surface area contributed by atoms with Gasteiger partial charge in [0.25, 0.3) is 17.4 Å². The SMILES string of the molecule is CCc1ccc(N2C(=O)C(=O)/C(=C(\O)c3ccc([N+](=O)[O-])cc3)C2c2cccnc2)cc1. The van der Waals surface area contributed by atoms with Crippen LogP contribution < -0.4 is 4.90 Å². The highest BCUT2D eigenvalue weighted by Gasteiger charge is 2.47. The normalized spacial score (nSPS) is 17.5. The molecular weight excluding hydrogens is 410 g/mol. The molecule has 8 nitrogen and oxygen atoms in total. The molecule has 4 rings (SSSR count). The molecular formula is C24H19N3O5. The number of aliphatic hydroxyl groups is 1. The van der Waals surface area contributed by atoms with Gasteiger partial charge in [-0.2, -0.15) is 0 Å². The summed E-state index contributed by atoms with van der Waals surface area (Å²) in [5.41, 5.74) is 2.09. The van der Waals surface area contributed by atoms with Crippen molar-refractivity contribution in [3.63, 3.8) is 0 Å². The van der Waals surface area contributed by atoms with Crippen molar-refractivity contribution in [3.8, 4) is 0 Å². The maximum absolute atomic E-state index is 13.1. The van der Waals surface area contributed by atoms with Crippen LogP contribution in [0.2, 0.25) is 0 Å². The zero-order chi connectivity index (χ0) is 22.8. The number of non-ortho nitro benzene ring substituents is 1. The molecule has 1 atom stereocenters. The van der Waals surface area contributed by atoms with Gasteiger partial charge in [-0.1, -0.05) is 25.1 Å². The third-order valence-corrected chi connectivity index (χ3v) is 5.42. The van der Waals surface area contributed by atoms with E-state index in [4.69, 9.17) is 0 Å². The zero-order valence-electron chi connectivity index (χ0n) is 17.1. The molecule has 1 N–H and O–H groups in total. The number of nitro groups is 1. The van der Waals surface area contributed by atoms with Crippen LogP contribution >= 0.6 is 0 Å².